The summed E-state index contributed by atoms with van der Waals surface area (Å²) in [5.41, 5.74) is -1.84. The molecular weight excluding hydrogens is 346 g/mol. The molecule has 0 aliphatic rings. The van der Waals surface area contributed by atoms with Gasteiger partial charge in [-0.25, -0.2) is 9.18 Å². The molecule has 0 unspecified atom stereocenters. The van der Waals surface area contributed by atoms with Crippen LogP contribution in [0.25, 0.3) is 10.8 Å². The van der Waals surface area contributed by atoms with Crippen LogP contribution in [-0.2, 0) is 10.9 Å². The van der Waals surface area contributed by atoms with Gasteiger partial charge in [0.15, 0.2) is 0 Å². The second kappa shape index (κ2) is 6.96. The smallest absolute Gasteiger partial charge is 0.420 e. The first-order valence-electron chi connectivity index (χ1n) is 7.05. The first-order valence-corrected chi connectivity index (χ1v) is 7.05. The number of carbonyl (C=O) groups is 2. The predicted octanol–water partition coefficient (Wildman–Crippen LogP) is 3.89. The maximum Gasteiger partial charge on any atom is 0.420 e. The molecule has 2 amide bonds. The zero-order chi connectivity index (χ0) is 18.8. The lowest BCUT2D eigenvalue weighted by atomic mass is 9.98. The van der Waals surface area contributed by atoms with Crippen LogP contribution in [0.4, 0.5) is 22.4 Å². The van der Waals surface area contributed by atoms with Gasteiger partial charge in [-0.2, -0.15) is 13.2 Å². The number of alkyl carbamates (subject to hydrolysis) is 1. The number of ether oxygens (including phenoxy) is 2. The Kier molecular flexibility index (Phi) is 5.15. The average molecular weight is 359 g/mol. The lowest BCUT2D eigenvalue weighted by molar-refractivity contribution is -0.137. The van der Waals surface area contributed by atoms with E-state index in [4.69, 9.17) is 4.74 Å². The van der Waals surface area contributed by atoms with Gasteiger partial charge in [0.25, 0.3) is 5.91 Å². The molecule has 0 aromatic heterocycles. The molecule has 9 heteroatoms. The topological polar surface area (TPSA) is 64.6 Å². The van der Waals surface area contributed by atoms with Crippen LogP contribution in [0.15, 0.2) is 24.3 Å². The number of fused-ring (bicyclic) bond motifs is 1. The molecule has 0 saturated carbocycles. The van der Waals surface area contributed by atoms with E-state index in [1.807, 2.05) is 0 Å². The van der Waals surface area contributed by atoms with Crippen LogP contribution >= 0.6 is 0 Å². The summed E-state index contributed by atoms with van der Waals surface area (Å²) in [7, 11) is 1.06. The summed E-state index contributed by atoms with van der Waals surface area (Å²) in [5, 5.41) is 1.03. The molecule has 134 valence electrons. The van der Waals surface area contributed by atoms with Crippen molar-refractivity contribution < 1.29 is 36.6 Å². The number of nitrogens with one attached hydrogen (secondary N) is 1. The number of rotatable bonds is 3. The van der Waals surface area contributed by atoms with Crippen LogP contribution < -0.4 is 10.1 Å². The van der Waals surface area contributed by atoms with Gasteiger partial charge in [0.05, 0.1) is 19.3 Å². The summed E-state index contributed by atoms with van der Waals surface area (Å²) >= 11 is 0. The Morgan fingerprint density at radius 2 is 1.76 bits per heavy atom. The van der Waals surface area contributed by atoms with E-state index in [0.717, 1.165) is 31.4 Å². The maximum absolute atomic E-state index is 14.1. The first kappa shape index (κ1) is 18.5. The molecule has 5 nitrogen and oxygen atoms in total. The lowest BCUT2D eigenvalue weighted by Gasteiger charge is -2.16. The highest BCUT2D eigenvalue weighted by Crippen LogP contribution is 2.42. The summed E-state index contributed by atoms with van der Waals surface area (Å²) in [4.78, 5) is 23.4. The van der Waals surface area contributed by atoms with E-state index in [1.54, 1.807) is 5.32 Å². The average Bonchev–Trinajstić information content (AvgIpc) is 2.52. The maximum atomic E-state index is 14.1. The zero-order valence-corrected chi connectivity index (χ0v) is 13.2. The van der Waals surface area contributed by atoms with Crippen LogP contribution in [0.1, 0.15) is 22.8 Å². The number of imide groups is 1. The van der Waals surface area contributed by atoms with Gasteiger partial charge < -0.3 is 9.47 Å². The van der Waals surface area contributed by atoms with Crippen molar-refractivity contribution in [2.24, 2.45) is 0 Å². The van der Waals surface area contributed by atoms with Crippen molar-refractivity contribution in [2.45, 2.75) is 13.1 Å². The van der Waals surface area contributed by atoms with Crippen LogP contribution in [0.5, 0.6) is 5.75 Å². The largest absolute Gasteiger partial charge is 0.496 e. The standard InChI is InChI=1S/C16H13F4NO4/c1-3-25-15(23)21-14(22)12-8-5-7-11(24-2)13(16(18,19)20)9(8)4-6-10(12)17/h4-7H,3H2,1-2H3,(H,21,22,23). The molecule has 2 aromatic rings. The lowest BCUT2D eigenvalue weighted by Crippen LogP contribution is -2.31. The number of hydrogen-bond acceptors (Lipinski definition) is 4. The highest BCUT2D eigenvalue weighted by atomic mass is 19.4. The molecule has 0 heterocycles. The molecule has 0 saturated heterocycles. The van der Waals surface area contributed by atoms with Crippen molar-refractivity contribution in [1.29, 1.82) is 0 Å². The number of carbonyl (C=O) groups excluding carboxylic acids is 2. The van der Waals surface area contributed by atoms with Gasteiger partial charge in [0.2, 0.25) is 0 Å². The van der Waals surface area contributed by atoms with Crippen molar-refractivity contribution in [2.75, 3.05) is 13.7 Å². The fraction of sp³-hybridized carbons (Fsp3) is 0.250. The molecule has 1 N–H and O–H groups in total. The van der Waals surface area contributed by atoms with Crippen molar-refractivity contribution in [3.05, 3.63) is 41.2 Å². The molecule has 0 radical (unpaired) electrons. The monoisotopic (exact) mass is 359 g/mol. The van der Waals surface area contributed by atoms with E-state index in [9.17, 15) is 27.2 Å². The van der Waals surface area contributed by atoms with Crippen molar-refractivity contribution >= 4 is 22.8 Å². The van der Waals surface area contributed by atoms with Crippen LogP contribution in [0.2, 0.25) is 0 Å². The molecule has 0 spiro atoms. The van der Waals surface area contributed by atoms with Crippen LogP contribution in [-0.4, -0.2) is 25.7 Å². The number of alkyl halides is 3. The minimum Gasteiger partial charge on any atom is -0.496 e. The normalized spacial score (nSPS) is 11.3. The quantitative estimate of drug-likeness (QED) is 0.845. The number of benzene rings is 2. The van der Waals surface area contributed by atoms with Gasteiger partial charge in [-0.3, -0.25) is 10.1 Å². The third-order valence-electron chi connectivity index (χ3n) is 3.33. The summed E-state index contributed by atoms with van der Waals surface area (Å²) in [5.74, 6) is -2.75. The minimum atomic E-state index is -4.79. The number of hydrogen-bond donors (Lipinski definition) is 1. The second-order valence-electron chi connectivity index (χ2n) is 4.83. The van der Waals surface area contributed by atoms with Crippen LogP contribution in [0.3, 0.4) is 0 Å². The van der Waals surface area contributed by atoms with E-state index < -0.39 is 46.3 Å². The van der Waals surface area contributed by atoms with Crippen LogP contribution in [0, 0.1) is 5.82 Å². The second-order valence-corrected chi connectivity index (χ2v) is 4.83. The Balaban J connectivity index is 2.68. The number of amides is 2. The highest BCUT2D eigenvalue weighted by Gasteiger charge is 2.37. The molecule has 2 aromatic carbocycles. The van der Waals surface area contributed by atoms with Gasteiger partial charge in [0, 0.05) is 0 Å². The third-order valence-corrected chi connectivity index (χ3v) is 3.33. The van der Waals surface area contributed by atoms with E-state index in [2.05, 4.69) is 4.74 Å². The van der Waals surface area contributed by atoms with Gasteiger partial charge in [-0.1, -0.05) is 6.07 Å². The van der Waals surface area contributed by atoms with Gasteiger partial charge in [-0.05, 0) is 35.9 Å². The summed E-state index contributed by atoms with van der Waals surface area (Å²) < 4.78 is 63.4. The Morgan fingerprint density at radius 1 is 1.12 bits per heavy atom. The van der Waals surface area contributed by atoms with Crippen molar-refractivity contribution in [3.8, 4) is 5.75 Å². The fourth-order valence-corrected chi connectivity index (χ4v) is 2.37. The molecule has 0 fully saturated rings. The first-order chi connectivity index (χ1) is 11.7. The molecule has 0 bridgehead atoms. The molecule has 0 aliphatic carbocycles. The van der Waals surface area contributed by atoms with Gasteiger partial charge in [0.1, 0.15) is 17.1 Å². The van der Waals surface area contributed by atoms with Crippen molar-refractivity contribution in [3.63, 3.8) is 0 Å². The molecular formula is C16H13F4NO4. The Hall–Kier alpha value is -2.84. The fourth-order valence-electron chi connectivity index (χ4n) is 2.37. The van der Waals surface area contributed by atoms with Gasteiger partial charge in [-0.15, -0.1) is 0 Å². The third kappa shape index (κ3) is 3.65. The minimum absolute atomic E-state index is 0.0352. The van der Waals surface area contributed by atoms with E-state index >= 15 is 0 Å². The van der Waals surface area contributed by atoms with E-state index in [-0.39, 0.29) is 12.0 Å². The summed E-state index contributed by atoms with van der Waals surface area (Å²) in [6.07, 6.45) is -5.93. The zero-order valence-electron chi connectivity index (χ0n) is 13.2. The molecule has 0 atom stereocenters. The summed E-state index contributed by atoms with van der Waals surface area (Å²) in [6.45, 7) is 1.46. The molecule has 0 aliphatic heterocycles. The highest BCUT2D eigenvalue weighted by molar-refractivity contribution is 6.12. The Morgan fingerprint density at radius 3 is 2.32 bits per heavy atom. The number of methoxy groups -OCH3 is 1. The van der Waals surface area contributed by atoms with Crippen molar-refractivity contribution in [1.82, 2.24) is 5.32 Å². The van der Waals surface area contributed by atoms with E-state index in [0.29, 0.717) is 0 Å². The predicted molar refractivity (Wildman–Crippen MR) is 79.9 cm³/mol. The molecule has 2 rings (SSSR count). The summed E-state index contributed by atoms with van der Waals surface area (Å²) in [6, 6.07) is 3.71. The Labute approximate surface area is 139 Å². The van der Waals surface area contributed by atoms with E-state index in [1.165, 1.54) is 6.92 Å². The van der Waals surface area contributed by atoms with Gasteiger partial charge >= 0.3 is 12.3 Å². The molecule has 25 heavy (non-hydrogen) atoms. The number of halogens is 4. The SMILES string of the molecule is CCOC(=O)NC(=O)c1c(F)ccc2c(C(F)(F)F)c(OC)ccc12. The Bertz CT molecular complexity index is 833.